The van der Waals surface area contributed by atoms with E-state index in [1.54, 1.807) is 0 Å². The van der Waals surface area contributed by atoms with Crippen LogP contribution < -0.4 is 16.8 Å². The minimum Gasteiger partial charge on any atom is -0.446 e. The molecular weight excluding hydrogens is 308 g/mol. The zero-order valence-electron chi connectivity index (χ0n) is 13.6. The highest BCUT2D eigenvalue weighted by atomic mass is 16.3. The average molecular weight is 330 g/mol. The van der Waals surface area contributed by atoms with Gasteiger partial charge in [0.1, 0.15) is 12.3 Å². The summed E-state index contributed by atoms with van der Waals surface area (Å²) in [5, 5.41) is 2.59. The number of carbonyl (C=O) groups is 2. The number of aromatic nitrogens is 1. The first-order valence-corrected chi connectivity index (χ1v) is 7.86. The first-order chi connectivity index (χ1) is 11.5. The van der Waals surface area contributed by atoms with Crippen LogP contribution in [-0.2, 0) is 11.2 Å². The molecule has 1 aromatic carbocycles. The molecule has 0 aliphatic carbocycles. The van der Waals surface area contributed by atoms with Crippen LogP contribution in [-0.4, -0.2) is 22.8 Å². The number of oxazole rings is 1. The Bertz CT molecular complexity index is 684. The fourth-order valence-corrected chi connectivity index (χ4v) is 2.30. The lowest BCUT2D eigenvalue weighted by atomic mass is 10.1. The lowest BCUT2D eigenvalue weighted by Gasteiger charge is -2.14. The van der Waals surface area contributed by atoms with E-state index in [0.29, 0.717) is 18.7 Å². The van der Waals surface area contributed by atoms with E-state index in [2.05, 4.69) is 10.3 Å². The largest absolute Gasteiger partial charge is 0.446 e. The van der Waals surface area contributed by atoms with Crippen LogP contribution in [0.15, 0.2) is 41.0 Å². The van der Waals surface area contributed by atoms with Crippen LogP contribution in [0, 0.1) is 0 Å². The van der Waals surface area contributed by atoms with E-state index < -0.39 is 17.9 Å². The summed E-state index contributed by atoms with van der Waals surface area (Å²) >= 11 is 0. The van der Waals surface area contributed by atoms with Crippen LogP contribution >= 0.6 is 0 Å². The highest BCUT2D eigenvalue weighted by molar-refractivity contribution is 5.95. The molecule has 0 aliphatic heterocycles. The second-order valence-corrected chi connectivity index (χ2v) is 5.58. The van der Waals surface area contributed by atoms with Crippen LogP contribution in [0.3, 0.4) is 0 Å². The molecule has 0 saturated heterocycles. The van der Waals surface area contributed by atoms with E-state index in [4.69, 9.17) is 15.9 Å². The molecule has 0 radical (unpaired) electrons. The Labute approximate surface area is 140 Å². The number of amides is 2. The average Bonchev–Trinajstić information content (AvgIpc) is 3.05. The van der Waals surface area contributed by atoms with Gasteiger partial charge >= 0.3 is 0 Å². The SMILES string of the molecule is CCCC(N)c1nc(C(=O)NC(Cc2ccccc2)C(N)=O)co1. The van der Waals surface area contributed by atoms with Gasteiger partial charge in [0.15, 0.2) is 5.69 Å². The third-order valence-corrected chi connectivity index (χ3v) is 3.60. The Morgan fingerprint density at radius 1 is 1.29 bits per heavy atom. The Morgan fingerprint density at radius 3 is 2.62 bits per heavy atom. The number of nitrogens with zero attached hydrogens (tertiary/aromatic N) is 1. The molecule has 2 atom stereocenters. The van der Waals surface area contributed by atoms with Gasteiger partial charge in [0, 0.05) is 6.42 Å². The van der Waals surface area contributed by atoms with Crippen molar-refractivity contribution in [1.29, 1.82) is 0 Å². The van der Waals surface area contributed by atoms with E-state index in [0.717, 1.165) is 12.0 Å². The summed E-state index contributed by atoms with van der Waals surface area (Å²) in [7, 11) is 0. The predicted molar refractivity (Wildman–Crippen MR) is 88.9 cm³/mol. The first kappa shape index (κ1) is 17.7. The third-order valence-electron chi connectivity index (χ3n) is 3.60. The molecule has 2 amide bonds. The van der Waals surface area contributed by atoms with E-state index in [-0.39, 0.29) is 11.7 Å². The second kappa shape index (κ2) is 8.26. The summed E-state index contributed by atoms with van der Waals surface area (Å²) in [6.07, 6.45) is 3.13. The summed E-state index contributed by atoms with van der Waals surface area (Å²) < 4.78 is 5.25. The molecule has 2 unspecified atom stereocenters. The van der Waals surface area contributed by atoms with Gasteiger partial charge in [-0.2, -0.15) is 0 Å². The van der Waals surface area contributed by atoms with Crippen LogP contribution in [0.4, 0.5) is 0 Å². The number of nitrogens with one attached hydrogen (secondary N) is 1. The van der Waals surface area contributed by atoms with Crippen molar-refractivity contribution in [3.63, 3.8) is 0 Å². The van der Waals surface area contributed by atoms with Crippen LogP contribution in [0.2, 0.25) is 0 Å². The normalized spacial score (nSPS) is 13.2. The fourth-order valence-electron chi connectivity index (χ4n) is 2.30. The molecule has 0 bridgehead atoms. The van der Waals surface area contributed by atoms with Gasteiger partial charge in [-0.1, -0.05) is 43.7 Å². The molecule has 7 heteroatoms. The standard InChI is InChI=1S/C17H22N4O3/c1-2-6-12(18)17-21-14(10-24-17)16(23)20-13(15(19)22)9-11-7-4-3-5-8-11/h3-5,7-8,10,12-13H,2,6,9,18H2,1H3,(H2,19,22)(H,20,23). The molecule has 0 spiro atoms. The Hall–Kier alpha value is -2.67. The first-order valence-electron chi connectivity index (χ1n) is 7.86. The zero-order chi connectivity index (χ0) is 17.5. The molecule has 128 valence electrons. The van der Waals surface area contributed by atoms with Gasteiger partial charge in [-0.15, -0.1) is 0 Å². The van der Waals surface area contributed by atoms with Gasteiger partial charge in [-0.3, -0.25) is 9.59 Å². The Morgan fingerprint density at radius 2 is 2.00 bits per heavy atom. The van der Waals surface area contributed by atoms with Crippen molar-refractivity contribution in [2.24, 2.45) is 11.5 Å². The van der Waals surface area contributed by atoms with Gasteiger partial charge in [0.25, 0.3) is 5.91 Å². The monoisotopic (exact) mass is 330 g/mol. The van der Waals surface area contributed by atoms with Gasteiger partial charge < -0.3 is 21.2 Å². The molecule has 1 heterocycles. The molecule has 2 aromatic rings. The highest BCUT2D eigenvalue weighted by Crippen LogP contribution is 2.15. The van der Waals surface area contributed by atoms with Gasteiger partial charge in [0.2, 0.25) is 11.8 Å². The van der Waals surface area contributed by atoms with Crippen molar-refractivity contribution in [2.45, 2.75) is 38.3 Å². The number of nitrogens with two attached hydrogens (primary N) is 2. The maximum absolute atomic E-state index is 12.3. The van der Waals surface area contributed by atoms with E-state index in [1.165, 1.54) is 6.26 Å². The minimum absolute atomic E-state index is 0.0795. The fraction of sp³-hybridized carbons (Fsp3) is 0.353. The van der Waals surface area contributed by atoms with Crippen molar-refractivity contribution in [2.75, 3.05) is 0 Å². The number of rotatable bonds is 8. The lowest BCUT2D eigenvalue weighted by molar-refractivity contribution is -0.119. The van der Waals surface area contributed by atoms with Gasteiger partial charge in [-0.25, -0.2) is 4.98 Å². The second-order valence-electron chi connectivity index (χ2n) is 5.58. The molecule has 7 nitrogen and oxygen atoms in total. The molecule has 1 aromatic heterocycles. The van der Waals surface area contributed by atoms with Crippen LogP contribution in [0.5, 0.6) is 0 Å². The summed E-state index contributed by atoms with van der Waals surface area (Å²) in [5.74, 6) is -0.826. The number of hydrogen-bond acceptors (Lipinski definition) is 5. The van der Waals surface area contributed by atoms with Crippen molar-refractivity contribution in [3.8, 4) is 0 Å². The zero-order valence-corrected chi connectivity index (χ0v) is 13.6. The topological polar surface area (TPSA) is 124 Å². The van der Waals surface area contributed by atoms with Crippen LogP contribution in [0.1, 0.15) is 47.7 Å². The number of hydrogen-bond donors (Lipinski definition) is 3. The smallest absolute Gasteiger partial charge is 0.273 e. The van der Waals surface area contributed by atoms with E-state index in [1.807, 2.05) is 37.3 Å². The molecule has 0 aliphatic rings. The molecule has 5 N–H and O–H groups in total. The predicted octanol–water partition coefficient (Wildman–Crippen LogP) is 1.30. The van der Waals surface area contributed by atoms with Gasteiger partial charge in [0.05, 0.1) is 6.04 Å². The number of carbonyl (C=O) groups excluding carboxylic acids is 2. The molecule has 0 saturated carbocycles. The Balaban J connectivity index is 2.04. The summed E-state index contributed by atoms with van der Waals surface area (Å²) in [5.41, 5.74) is 12.3. The summed E-state index contributed by atoms with van der Waals surface area (Å²) in [6.45, 7) is 2.00. The number of primary amides is 1. The lowest BCUT2D eigenvalue weighted by Crippen LogP contribution is -2.46. The van der Waals surface area contributed by atoms with E-state index in [9.17, 15) is 9.59 Å². The van der Waals surface area contributed by atoms with Crippen molar-refractivity contribution in [1.82, 2.24) is 10.3 Å². The maximum Gasteiger partial charge on any atom is 0.273 e. The van der Waals surface area contributed by atoms with Crippen molar-refractivity contribution in [3.05, 3.63) is 53.7 Å². The number of benzene rings is 1. The summed E-state index contributed by atoms with van der Waals surface area (Å²) in [4.78, 5) is 28.0. The minimum atomic E-state index is -0.829. The highest BCUT2D eigenvalue weighted by Gasteiger charge is 2.22. The molecule has 0 fully saturated rings. The quantitative estimate of drug-likeness (QED) is 0.673. The maximum atomic E-state index is 12.3. The molecular formula is C17H22N4O3. The molecule has 2 rings (SSSR count). The van der Waals surface area contributed by atoms with Crippen molar-refractivity contribution >= 4 is 11.8 Å². The van der Waals surface area contributed by atoms with Crippen molar-refractivity contribution < 1.29 is 14.0 Å². The molecule has 24 heavy (non-hydrogen) atoms. The Kier molecular flexibility index (Phi) is 6.08. The third kappa shape index (κ3) is 4.66. The van der Waals surface area contributed by atoms with Gasteiger partial charge in [-0.05, 0) is 12.0 Å². The van der Waals surface area contributed by atoms with Crippen LogP contribution in [0.25, 0.3) is 0 Å². The van der Waals surface area contributed by atoms with E-state index >= 15 is 0 Å². The summed E-state index contributed by atoms with van der Waals surface area (Å²) in [6, 6.07) is 8.12.